The van der Waals surface area contributed by atoms with Crippen LogP contribution in [0.1, 0.15) is 24.0 Å². The second kappa shape index (κ2) is 8.75. The number of amides is 1. The summed E-state index contributed by atoms with van der Waals surface area (Å²) in [4.78, 5) is 12.3. The van der Waals surface area contributed by atoms with Crippen LogP contribution in [0.15, 0.2) is 53.4 Å². The van der Waals surface area contributed by atoms with Crippen molar-refractivity contribution in [2.75, 3.05) is 24.5 Å². The van der Waals surface area contributed by atoms with Crippen LogP contribution in [-0.2, 0) is 26.0 Å². The van der Waals surface area contributed by atoms with Crippen molar-refractivity contribution in [2.24, 2.45) is 0 Å². The zero-order valence-corrected chi connectivity index (χ0v) is 17.0. The van der Waals surface area contributed by atoms with Crippen LogP contribution in [0.5, 0.6) is 0 Å². The van der Waals surface area contributed by atoms with Gasteiger partial charge < -0.3 is 10.1 Å². The Bertz CT molecular complexity index is 902. The van der Waals surface area contributed by atoms with E-state index in [0.29, 0.717) is 12.2 Å². The van der Waals surface area contributed by atoms with E-state index >= 15 is 0 Å². The van der Waals surface area contributed by atoms with Crippen molar-refractivity contribution in [1.29, 1.82) is 0 Å². The van der Waals surface area contributed by atoms with E-state index in [4.69, 9.17) is 4.74 Å². The number of rotatable bonds is 7. The Hall–Kier alpha value is -2.38. The Morgan fingerprint density at radius 1 is 1.14 bits per heavy atom. The Balaban J connectivity index is 1.61. The molecule has 2 aromatic carbocycles. The molecule has 0 bridgehead atoms. The highest BCUT2D eigenvalue weighted by molar-refractivity contribution is 7.92. The molecule has 0 saturated carbocycles. The summed E-state index contributed by atoms with van der Waals surface area (Å²) in [6, 6.07) is 13.8. The highest BCUT2D eigenvalue weighted by atomic mass is 32.2. The van der Waals surface area contributed by atoms with Crippen LogP contribution in [0.25, 0.3) is 0 Å². The molecule has 1 aliphatic heterocycles. The van der Waals surface area contributed by atoms with Crippen LogP contribution >= 0.6 is 0 Å². The largest absolute Gasteiger partial charge is 0.376 e. The average Bonchev–Trinajstić information content (AvgIpc) is 3.20. The molecule has 1 atom stereocenters. The molecule has 2 aromatic rings. The van der Waals surface area contributed by atoms with Gasteiger partial charge in [-0.3, -0.25) is 9.10 Å². The van der Waals surface area contributed by atoms with E-state index in [0.717, 1.165) is 30.6 Å². The third-order valence-electron chi connectivity index (χ3n) is 4.89. The van der Waals surface area contributed by atoms with Gasteiger partial charge in [0.05, 0.1) is 23.1 Å². The number of carbonyl (C=O) groups excluding carboxylic acids is 1. The van der Waals surface area contributed by atoms with Crippen LogP contribution in [0.3, 0.4) is 0 Å². The van der Waals surface area contributed by atoms with Crippen molar-refractivity contribution in [1.82, 2.24) is 5.32 Å². The highest BCUT2D eigenvalue weighted by Gasteiger charge is 2.21. The maximum absolute atomic E-state index is 12.8. The van der Waals surface area contributed by atoms with E-state index in [1.165, 1.54) is 11.4 Å². The summed E-state index contributed by atoms with van der Waals surface area (Å²) in [5.74, 6) is -0.0659. The molecule has 1 fully saturated rings. The first-order valence-electron chi connectivity index (χ1n) is 9.39. The van der Waals surface area contributed by atoms with Gasteiger partial charge in [-0.15, -0.1) is 0 Å². The Morgan fingerprint density at radius 2 is 1.82 bits per heavy atom. The number of benzene rings is 2. The lowest BCUT2D eigenvalue weighted by Crippen LogP contribution is -2.32. The van der Waals surface area contributed by atoms with Crippen molar-refractivity contribution >= 4 is 21.6 Å². The second-order valence-electron chi connectivity index (χ2n) is 7.07. The monoisotopic (exact) mass is 402 g/mol. The van der Waals surface area contributed by atoms with E-state index in [9.17, 15) is 13.2 Å². The van der Waals surface area contributed by atoms with E-state index in [-0.39, 0.29) is 23.3 Å². The van der Waals surface area contributed by atoms with E-state index < -0.39 is 10.0 Å². The van der Waals surface area contributed by atoms with Crippen molar-refractivity contribution in [3.05, 3.63) is 59.7 Å². The summed E-state index contributed by atoms with van der Waals surface area (Å²) in [6.45, 7) is 3.21. The number of hydrogen-bond acceptors (Lipinski definition) is 4. The second-order valence-corrected chi connectivity index (χ2v) is 9.04. The fourth-order valence-electron chi connectivity index (χ4n) is 3.11. The first-order valence-corrected chi connectivity index (χ1v) is 10.8. The zero-order valence-electron chi connectivity index (χ0n) is 16.2. The predicted octanol–water partition coefficient (Wildman–Crippen LogP) is 2.66. The Kier molecular flexibility index (Phi) is 6.36. The van der Waals surface area contributed by atoms with Gasteiger partial charge in [0.1, 0.15) is 0 Å². The first-order chi connectivity index (χ1) is 13.4. The lowest BCUT2D eigenvalue weighted by atomic mass is 10.1. The van der Waals surface area contributed by atoms with Gasteiger partial charge in [-0.05, 0) is 49.6 Å². The van der Waals surface area contributed by atoms with E-state index in [1.54, 1.807) is 48.5 Å². The van der Waals surface area contributed by atoms with Crippen molar-refractivity contribution in [2.45, 2.75) is 37.2 Å². The molecule has 1 aliphatic rings. The van der Waals surface area contributed by atoms with Crippen molar-refractivity contribution in [3.63, 3.8) is 0 Å². The Labute approximate surface area is 166 Å². The molecule has 1 heterocycles. The maximum atomic E-state index is 12.8. The molecular formula is C21H26N2O4S. The smallest absolute Gasteiger partial charge is 0.264 e. The molecular weight excluding hydrogens is 376 g/mol. The number of aryl methyl sites for hydroxylation is 1. The number of anilines is 1. The number of nitrogens with zero attached hydrogens (tertiary/aromatic N) is 1. The molecule has 0 radical (unpaired) electrons. The van der Waals surface area contributed by atoms with Gasteiger partial charge in [0.15, 0.2) is 0 Å². The van der Waals surface area contributed by atoms with Gasteiger partial charge in [-0.1, -0.05) is 29.8 Å². The number of nitrogens with one attached hydrogen (secondary N) is 1. The van der Waals surface area contributed by atoms with Gasteiger partial charge in [-0.2, -0.15) is 0 Å². The van der Waals surface area contributed by atoms with Crippen LogP contribution in [0.4, 0.5) is 5.69 Å². The minimum Gasteiger partial charge on any atom is -0.376 e. The summed E-state index contributed by atoms with van der Waals surface area (Å²) < 4.78 is 32.3. The normalized spacial score (nSPS) is 16.7. The molecule has 150 valence electrons. The number of hydrogen-bond donors (Lipinski definition) is 1. The van der Waals surface area contributed by atoms with Gasteiger partial charge >= 0.3 is 0 Å². The SMILES string of the molecule is Cc1ccc(S(=O)(=O)N(C)c2ccc(CC(=O)NCC3CCCO3)cc2)cc1. The molecule has 3 rings (SSSR count). The van der Waals surface area contributed by atoms with Crippen molar-refractivity contribution < 1.29 is 17.9 Å². The molecule has 0 spiro atoms. The van der Waals surface area contributed by atoms with Gasteiger partial charge in [0.2, 0.25) is 5.91 Å². The van der Waals surface area contributed by atoms with E-state index in [2.05, 4.69) is 5.32 Å². The first kappa shape index (κ1) is 20.4. The average molecular weight is 403 g/mol. The maximum Gasteiger partial charge on any atom is 0.264 e. The topological polar surface area (TPSA) is 75.7 Å². The predicted molar refractivity (Wildman–Crippen MR) is 109 cm³/mol. The fraction of sp³-hybridized carbons (Fsp3) is 0.381. The summed E-state index contributed by atoms with van der Waals surface area (Å²) in [6.07, 6.45) is 2.39. The third-order valence-corrected chi connectivity index (χ3v) is 6.69. The molecule has 1 saturated heterocycles. The van der Waals surface area contributed by atoms with Gasteiger partial charge in [0, 0.05) is 20.2 Å². The lowest BCUT2D eigenvalue weighted by Gasteiger charge is -2.20. The molecule has 6 nitrogen and oxygen atoms in total. The quantitative estimate of drug-likeness (QED) is 0.773. The number of sulfonamides is 1. The standard InChI is InChI=1S/C21H26N2O4S/c1-16-5-11-20(12-6-16)28(25,26)23(2)18-9-7-17(8-10-18)14-21(24)22-15-19-4-3-13-27-19/h5-12,19H,3-4,13-15H2,1-2H3,(H,22,24). The molecule has 0 aromatic heterocycles. The summed E-state index contributed by atoms with van der Waals surface area (Å²) in [7, 11) is -2.10. The molecule has 1 amide bonds. The highest BCUT2D eigenvalue weighted by Crippen LogP contribution is 2.23. The number of ether oxygens (including phenoxy) is 1. The molecule has 1 unspecified atom stereocenters. The molecule has 0 aliphatic carbocycles. The zero-order chi connectivity index (χ0) is 20.1. The Morgan fingerprint density at radius 3 is 2.43 bits per heavy atom. The number of carbonyl (C=O) groups is 1. The van der Waals surface area contributed by atoms with Crippen LogP contribution in [0, 0.1) is 6.92 Å². The summed E-state index contributed by atoms with van der Waals surface area (Å²) in [5, 5.41) is 2.89. The minimum atomic E-state index is -3.62. The summed E-state index contributed by atoms with van der Waals surface area (Å²) >= 11 is 0. The fourth-order valence-corrected chi connectivity index (χ4v) is 4.31. The van der Waals surface area contributed by atoms with E-state index in [1.807, 2.05) is 6.92 Å². The molecule has 7 heteroatoms. The molecule has 28 heavy (non-hydrogen) atoms. The third kappa shape index (κ3) is 4.91. The molecule has 1 N–H and O–H groups in total. The lowest BCUT2D eigenvalue weighted by molar-refractivity contribution is -0.120. The minimum absolute atomic E-state index is 0.0659. The van der Waals surface area contributed by atoms with Crippen LogP contribution in [0.2, 0.25) is 0 Å². The van der Waals surface area contributed by atoms with Gasteiger partial charge in [0.25, 0.3) is 10.0 Å². The van der Waals surface area contributed by atoms with Crippen molar-refractivity contribution in [3.8, 4) is 0 Å². The van der Waals surface area contributed by atoms with Crippen LogP contribution in [-0.4, -0.2) is 40.6 Å². The summed E-state index contributed by atoms with van der Waals surface area (Å²) in [5.41, 5.74) is 2.38. The van der Waals surface area contributed by atoms with Gasteiger partial charge in [-0.25, -0.2) is 8.42 Å². The van der Waals surface area contributed by atoms with Crippen LogP contribution < -0.4 is 9.62 Å².